The number of nitrogens with one attached hydrogen (secondary N) is 2. The molecule has 2 N–H and O–H groups in total. The lowest BCUT2D eigenvalue weighted by atomic mass is 9.77. The van der Waals surface area contributed by atoms with E-state index < -0.39 is 28.4 Å². The average molecular weight is 295 g/mol. The van der Waals surface area contributed by atoms with Gasteiger partial charge in [-0.05, 0) is 30.9 Å². The minimum atomic E-state index is -0.814. The first-order valence-corrected chi connectivity index (χ1v) is 6.80. The molecule has 21 heavy (non-hydrogen) atoms. The number of rotatable bonds is 3. The molecule has 1 aliphatic heterocycles. The Bertz CT molecular complexity index is 575. The average Bonchev–Trinajstić information content (AvgIpc) is 2.40. The molecule has 6 nitrogen and oxygen atoms in total. The molecule has 1 atom stereocenters. The van der Waals surface area contributed by atoms with Crippen molar-refractivity contribution < 1.29 is 14.1 Å². The number of amides is 1. The topological polar surface area (TPSA) is 84.3 Å². The van der Waals surface area contributed by atoms with Gasteiger partial charge in [-0.3, -0.25) is 14.9 Å². The molecule has 1 amide bonds. The van der Waals surface area contributed by atoms with Gasteiger partial charge in [-0.1, -0.05) is 19.9 Å². The largest absolute Gasteiger partial charge is 0.317 e. The van der Waals surface area contributed by atoms with E-state index in [0.29, 0.717) is 6.54 Å². The molecule has 0 radical (unpaired) electrons. The molecular weight excluding hydrogens is 277 g/mol. The highest BCUT2D eigenvalue weighted by Gasteiger charge is 2.38. The summed E-state index contributed by atoms with van der Waals surface area (Å²) in [6.45, 7) is 4.58. The molecule has 0 spiro atoms. The Labute approximate surface area is 121 Å². The third kappa shape index (κ3) is 3.18. The Morgan fingerprint density at radius 3 is 2.86 bits per heavy atom. The van der Waals surface area contributed by atoms with Crippen molar-refractivity contribution in [3.05, 3.63) is 34.1 Å². The highest BCUT2D eigenvalue weighted by molar-refractivity contribution is 5.97. The minimum Gasteiger partial charge on any atom is -0.317 e. The normalized spacial score (nSPS) is 20.8. The Hall–Kier alpha value is -2.02. The van der Waals surface area contributed by atoms with Crippen LogP contribution in [0.1, 0.15) is 26.7 Å². The lowest BCUT2D eigenvalue weighted by molar-refractivity contribution is -0.384. The number of nitro groups is 1. The molecule has 0 bridgehead atoms. The van der Waals surface area contributed by atoms with Gasteiger partial charge in [0, 0.05) is 6.07 Å². The van der Waals surface area contributed by atoms with E-state index >= 15 is 0 Å². The van der Waals surface area contributed by atoms with Crippen LogP contribution in [0.3, 0.4) is 0 Å². The van der Waals surface area contributed by atoms with Crippen LogP contribution in [0, 0.1) is 21.3 Å². The number of hydrogen-bond acceptors (Lipinski definition) is 4. The van der Waals surface area contributed by atoms with Crippen LogP contribution >= 0.6 is 0 Å². The van der Waals surface area contributed by atoms with E-state index in [2.05, 4.69) is 10.6 Å². The maximum absolute atomic E-state index is 13.8. The summed E-state index contributed by atoms with van der Waals surface area (Å²) >= 11 is 0. The molecule has 7 heteroatoms. The van der Waals surface area contributed by atoms with E-state index in [9.17, 15) is 19.3 Å². The van der Waals surface area contributed by atoms with Crippen molar-refractivity contribution in [2.45, 2.75) is 32.7 Å². The number of carbonyl (C=O) groups excluding carboxylic acids is 1. The fourth-order valence-electron chi connectivity index (χ4n) is 2.64. The summed E-state index contributed by atoms with van der Waals surface area (Å²) in [5.74, 6) is -1.26. The van der Waals surface area contributed by atoms with Crippen LogP contribution in [0.15, 0.2) is 18.2 Å². The monoisotopic (exact) mass is 295 g/mol. The van der Waals surface area contributed by atoms with Crippen LogP contribution in [0.5, 0.6) is 0 Å². The van der Waals surface area contributed by atoms with Crippen LogP contribution < -0.4 is 10.6 Å². The maximum atomic E-state index is 13.8. The van der Waals surface area contributed by atoms with Crippen LogP contribution in [-0.2, 0) is 4.79 Å². The second-order valence-electron chi connectivity index (χ2n) is 5.86. The first-order valence-electron chi connectivity index (χ1n) is 6.80. The molecule has 0 aliphatic carbocycles. The van der Waals surface area contributed by atoms with Crippen molar-refractivity contribution >= 4 is 17.3 Å². The molecule has 2 rings (SSSR count). The van der Waals surface area contributed by atoms with Gasteiger partial charge in [0.05, 0.1) is 11.0 Å². The van der Waals surface area contributed by atoms with Gasteiger partial charge in [-0.2, -0.15) is 0 Å². The summed E-state index contributed by atoms with van der Waals surface area (Å²) in [7, 11) is 0. The molecule has 1 saturated heterocycles. The van der Waals surface area contributed by atoms with Gasteiger partial charge >= 0.3 is 0 Å². The van der Waals surface area contributed by atoms with Gasteiger partial charge in [0.1, 0.15) is 0 Å². The molecule has 1 fully saturated rings. The molecule has 1 aromatic carbocycles. The van der Waals surface area contributed by atoms with E-state index in [1.165, 1.54) is 6.07 Å². The molecular formula is C14H18FN3O3. The van der Waals surface area contributed by atoms with Gasteiger partial charge in [-0.15, -0.1) is 0 Å². The number of benzene rings is 1. The summed E-state index contributed by atoms with van der Waals surface area (Å²) in [5.41, 5.74) is -1.12. The third-order valence-electron chi connectivity index (χ3n) is 3.83. The summed E-state index contributed by atoms with van der Waals surface area (Å²) in [5, 5.41) is 16.4. The van der Waals surface area contributed by atoms with Gasteiger partial charge in [-0.25, -0.2) is 4.39 Å². The minimum absolute atomic E-state index is 0.289. The maximum Gasteiger partial charge on any atom is 0.295 e. The van der Waals surface area contributed by atoms with Gasteiger partial charge in [0.25, 0.3) is 5.69 Å². The number of nitrogens with zero attached hydrogens (tertiary/aromatic N) is 1. The Balaban J connectivity index is 2.26. The van der Waals surface area contributed by atoms with Crippen molar-refractivity contribution in [3.63, 3.8) is 0 Å². The zero-order valence-electron chi connectivity index (χ0n) is 12.0. The van der Waals surface area contributed by atoms with Crippen molar-refractivity contribution in [1.29, 1.82) is 0 Å². The zero-order chi connectivity index (χ0) is 15.6. The Kier molecular flexibility index (Phi) is 4.22. The molecule has 1 aliphatic rings. The van der Waals surface area contributed by atoms with E-state index in [-0.39, 0.29) is 11.1 Å². The molecule has 1 heterocycles. The number of carbonyl (C=O) groups is 1. The highest BCUT2D eigenvalue weighted by Crippen LogP contribution is 2.32. The van der Waals surface area contributed by atoms with Crippen molar-refractivity contribution in [1.82, 2.24) is 5.32 Å². The van der Waals surface area contributed by atoms with Crippen molar-refractivity contribution in [2.75, 3.05) is 11.9 Å². The second kappa shape index (κ2) is 5.77. The van der Waals surface area contributed by atoms with Crippen LogP contribution in [-0.4, -0.2) is 23.4 Å². The van der Waals surface area contributed by atoms with Gasteiger partial charge < -0.3 is 10.6 Å². The predicted molar refractivity (Wildman–Crippen MR) is 76.5 cm³/mol. The SMILES string of the molecule is CC1(C)CCCNC1C(=O)Nc1c(F)cccc1[N+](=O)[O-]. The zero-order valence-corrected chi connectivity index (χ0v) is 12.0. The fourth-order valence-corrected chi connectivity index (χ4v) is 2.64. The van der Waals surface area contributed by atoms with Gasteiger partial charge in [0.15, 0.2) is 11.5 Å². The number of hydrogen-bond donors (Lipinski definition) is 2. The van der Waals surface area contributed by atoms with Gasteiger partial charge in [0.2, 0.25) is 5.91 Å². The Morgan fingerprint density at radius 1 is 1.52 bits per heavy atom. The Morgan fingerprint density at radius 2 is 2.24 bits per heavy atom. The number of nitro benzene ring substituents is 1. The summed E-state index contributed by atoms with van der Waals surface area (Å²) in [4.78, 5) is 22.6. The fraction of sp³-hybridized carbons (Fsp3) is 0.500. The number of halogens is 1. The van der Waals surface area contributed by atoms with E-state index in [1.54, 1.807) is 0 Å². The molecule has 114 valence electrons. The highest BCUT2D eigenvalue weighted by atomic mass is 19.1. The van der Waals surface area contributed by atoms with E-state index in [0.717, 1.165) is 25.0 Å². The van der Waals surface area contributed by atoms with Crippen LogP contribution in [0.2, 0.25) is 0 Å². The summed E-state index contributed by atoms with van der Waals surface area (Å²) < 4.78 is 13.8. The van der Waals surface area contributed by atoms with E-state index in [4.69, 9.17) is 0 Å². The third-order valence-corrected chi connectivity index (χ3v) is 3.83. The smallest absolute Gasteiger partial charge is 0.295 e. The van der Waals surface area contributed by atoms with Crippen LogP contribution in [0.4, 0.5) is 15.8 Å². The molecule has 1 unspecified atom stereocenters. The summed E-state index contributed by atoms with van der Waals surface area (Å²) in [6.07, 6.45) is 1.81. The lowest BCUT2D eigenvalue weighted by Crippen LogP contribution is -2.53. The molecule has 0 saturated carbocycles. The molecule has 1 aromatic rings. The first kappa shape index (κ1) is 15.4. The number of piperidine rings is 1. The first-order chi connectivity index (χ1) is 9.83. The molecule has 0 aromatic heterocycles. The quantitative estimate of drug-likeness (QED) is 0.662. The number of para-hydroxylation sites is 1. The lowest BCUT2D eigenvalue weighted by Gasteiger charge is -2.38. The van der Waals surface area contributed by atoms with Crippen LogP contribution in [0.25, 0.3) is 0 Å². The summed E-state index contributed by atoms with van der Waals surface area (Å²) in [6, 6.07) is 2.98. The van der Waals surface area contributed by atoms with Crippen molar-refractivity contribution in [3.8, 4) is 0 Å². The number of anilines is 1. The second-order valence-corrected chi connectivity index (χ2v) is 5.86. The standard InChI is InChI=1S/C14H18FN3O3/c1-14(2)7-4-8-16-12(14)13(19)17-11-9(15)5-3-6-10(11)18(20)21/h3,5-6,12,16H,4,7-8H2,1-2H3,(H,17,19). The van der Waals surface area contributed by atoms with E-state index in [1.807, 2.05) is 13.8 Å². The predicted octanol–water partition coefficient (Wildman–Crippen LogP) is 2.45. The van der Waals surface area contributed by atoms with Crippen molar-refractivity contribution in [2.24, 2.45) is 5.41 Å².